The van der Waals surface area contributed by atoms with Crippen LogP contribution in [0.25, 0.3) is 11.1 Å². The average Bonchev–Trinajstić information content (AvgIpc) is 3.56. The molecule has 0 saturated carbocycles. The molecule has 0 saturated heterocycles. The summed E-state index contributed by atoms with van der Waals surface area (Å²) in [6.45, 7) is 8.95. The quantitative estimate of drug-likeness (QED) is 0.0392. The molecule has 0 aromatic heterocycles. The highest BCUT2D eigenvalue weighted by atomic mass is 16.5. The minimum Gasteiger partial charge on any atom is -0.494 e. The molecule has 0 aliphatic heterocycles. The van der Waals surface area contributed by atoms with Crippen molar-refractivity contribution in [3.05, 3.63) is 144 Å². The van der Waals surface area contributed by atoms with Crippen molar-refractivity contribution >= 4 is 11.9 Å². The standard InChI is InChI=1S/C47H46O6/c1-3-46(48)52-31-11-7-5-9-29-50-42-23-17-36(18-24-42)13-15-38-21-27-44-40(33-38)35-41-34-39(22-28-45(41)44)16-14-37-19-25-43(26-20-37)51-30-10-6-8-12-32-53-47(49)4-2/h3-4,17-28,33-34H,1-2,5-12,29-32,35H2. The molecular formula is C47H46O6. The Balaban J connectivity index is 1.04. The van der Waals surface area contributed by atoms with E-state index >= 15 is 0 Å². The van der Waals surface area contributed by atoms with Crippen molar-refractivity contribution in [2.24, 2.45) is 0 Å². The first-order valence-electron chi connectivity index (χ1n) is 18.3. The topological polar surface area (TPSA) is 71.1 Å². The summed E-state index contributed by atoms with van der Waals surface area (Å²) in [6, 6.07) is 28.7. The first-order chi connectivity index (χ1) is 26.0. The van der Waals surface area contributed by atoms with Gasteiger partial charge in [0.05, 0.1) is 26.4 Å². The summed E-state index contributed by atoms with van der Waals surface area (Å²) < 4.78 is 21.7. The number of ether oxygens (including phenoxy) is 4. The molecule has 5 rings (SSSR count). The molecule has 6 heteroatoms. The molecule has 4 aromatic rings. The van der Waals surface area contributed by atoms with Crippen molar-refractivity contribution in [1.82, 2.24) is 0 Å². The van der Waals surface area contributed by atoms with Gasteiger partial charge in [0, 0.05) is 34.4 Å². The Morgan fingerprint density at radius 3 is 1.25 bits per heavy atom. The van der Waals surface area contributed by atoms with Crippen molar-refractivity contribution in [3.8, 4) is 46.3 Å². The zero-order valence-corrected chi connectivity index (χ0v) is 30.3. The van der Waals surface area contributed by atoms with Crippen LogP contribution >= 0.6 is 0 Å². The summed E-state index contributed by atoms with van der Waals surface area (Å²) in [6.07, 6.45) is 10.8. The summed E-state index contributed by atoms with van der Waals surface area (Å²) >= 11 is 0. The van der Waals surface area contributed by atoms with Crippen LogP contribution in [0, 0.1) is 23.7 Å². The smallest absolute Gasteiger partial charge is 0.330 e. The normalized spacial score (nSPS) is 10.7. The van der Waals surface area contributed by atoms with E-state index in [9.17, 15) is 9.59 Å². The van der Waals surface area contributed by atoms with E-state index in [4.69, 9.17) is 18.9 Å². The first kappa shape index (κ1) is 38.3. The van der Waals surface area contributed by atoms with Gasteiger partial charge in [0.15, 0.2) is 0 Å². The van der Waals surface area contributed by atoms with Crippen LogP contribution < -0.4 is 9.47 Å². The van der Waals surface area contributed by atoms with Crippen LogP contribution in [0.5, 0.6) is 11.5 Å². The molecule has 270 valence electrons. The molecule has 0 amide bonds. The minimum atomic E-state index is -0.368. The van der Waals surface area contributed by atoms with Gasteiger partial charge in [-0.2, -0.15) is 0 Å². The van der Waals surface area contributed by atoms with Crippen LogP contribution in [0.3, 0.4) is 0 Å². The van der Waals surface area contributed by atoms with Crippen LogP contribution in [-0.2, 0) is 25.5 Å². The number of carbonyl (C=O) groups excluding carboxylic acids is 2. The molecule has 1 aliphatic carbocycles. The Bertz CT molecular complexity index is 1840. The molecule has 0 fully saturated rings. The van der Waals surface area contributed by atoms with E-state index in [1.165, 1.54) is 34.4 Å². The number of esters is 2. The van der Waals surface area contributed by atoms with Gasteiger partial charge in [-0.3, -0.25) is 0 Å². The van der Waals surface area contributed by atoms with Crippen molar-refractivity contribution in [2.45, 2.75) is 57.8 Å². The van der Waals surface area contributed by atoms with Gasteiger partial charge in [-0.1, -0.05) is 49.0 Å². The average molecular weight is 707 g/mol. The molecular weight excluding hydrogens is 661 g/mol. The third-order valence-electron chi connectivity index (χ3n) is 8.73. The number of benzene rings is 4. The maximum absolute atomic E-state index is 11.1. The van der Waals surface area contributed by atoms with Gasteiger partial charge in [-0.15, -0.1) is 0 Å². The second kappa shape index (κ2) is 20.8. The number of hydrogen-bond acceptors (Lipinski definition) is 6. The number of fused-ring (bicyclic) bond motifs is 3. The fourth-order valence-electron chi connectivity index (χ4n) is 5.88. The maximum Gasteiger partial charge on any atom is 0.330 e. The Kier molecular flexibility index (Phi) is 15.0. The summed E-state index contributed by atoms with van der Waals surface area (Å²) in [7, 11) is 0. The highest BCUT2D eigenvalue weighted by Crippen LogP contribution is 2.37. The van der Waals surface area contributed by atoms with Gasteiger partial charge < -0.3 is 18.9 Å². The monoisotopic (exact) mass is 706 g/mol. The second-order valence-corrected chi connectivity index (χ2v) is 12.7. The van der Waals surface area contributed by atoms with Crippen molar-refractivity contribution in [3.63, 3.8) is 0 Å². The lowest BCUT2D eigenvalue weighted by Crippen LogP contribution is -2.02. The van der Waals surface area contributed by atoms with Gasteiger partial charge in [-0.25, -0.2) is 9.59 Å². The van der Waals surface area contributed by atoms with E-state index in [-0.39, 0.29) is 11.9 Å². The lowest BCUT2D eigenvalue weighted by Gasteiger charge is -2.06. The zero-order chi connectivity index (χ0) is 37.1. The molecule has 4 aromatic carbocycles. The molecule has 0 spiro atoms. The van der Waals surface area contributed by atoms with Crippen LogP contribution in [0.1, 0.15) is 84.7 Å². The molecule has 0 radical (unpaired) electrons. The first-order valence-corrected chi connectivity index (χ1v) is 18.3. The van der Waals surface area contributed by atoms with Gasteiger partial charge in [0.25, 0.3) is 0 Å². The van der Waals surface area contributed by atoms with Crippen molar-refractivity contribution in [2.75, 3.05) is 26.4 Å². The Hall–Kier alpha value is -5.98. The largest absolute Gasteiger partial charge is 0.494 e. The summed E-state index contributed by atoms with van der Waals surface area (Å²) in [5, 5.41) is 0. The number of unbranched alkanes of at least 4 members (excludes halogenated alkanes) is 6. The predicted molar refractivity (Wildman–Crippen MR) is 210 cm³/mol. The Labute approximate surface area is 313 Å². The molecule has 0 atom stereocenters. The van der Waals surface area contributed by atoms with E-state index in [0.29, 0.717) is 26.4 Å². The van der Waals surface area contributed by atoms with Crippen LogP contribution in [0.4, 0.5) is 0 Å². The summed E-state index contributed by atoms with van der Waals surface area (Å²) in [5.74, 6) is 14.2. The van der Waals surface area contributed by atoms with E-state index in [1.54, 1.807) is 0 Å². The summed E-state index contributed by atoms with van der Waals surface area (Å²) in [5.41, 5.74) is 8.94. The van der Waals surface area contributed by atoms with Crippen LogP contribution in [0.2, 0.25) is 0 Å². The highest BCUT2D eigenvalue weighted by Gasteiger charge is 2.18. The Morgan fingerprint density at radius 2 is 0.849 bits per heavy atom. The van der Waals surface area contributed by atoms with Crippen molar-refractivity contribution in [1.29, 1.82) is 0 Å². The van der Waals surface area contributed by atoms with Gasteiger partial charge in [-0.05, 0) is 153 Å². The third-order valence-corrected chi connectivity index (χ3v) is 8.73. The minimum absolute atomic E-state index is 0.368. The number of hydrogen-bond donors (Lipinski definition) is 0. The van der Waals surface area contributed by atoms with Gasteiger partial charge in [0.1, 0.15) is 11.5 Å². The molecule has 0 N–H and O–H groups in total. The van der Waals surface area contributed by atoms with Gasteiger partial charge in [0.2, 0.25) is 0 Å². The van der Waals surface area contributed by atoms with Crippen LogP contribution in [-0.4, -0.2) is 38.4 Å². The molecule has 0 heterocycles. The van der Waals surface area contributed by atoms with Gasteiger partial charge >= 0.3 is 11.9 Å². The van der Waals surface area contributed by atoms with E-state index in [2.05, 4.69) is 73.2 Å². The second-order valence-electron chi connectivity index (χ2n) is 12.7. The van der Waals surface area contributed by atoms with E-state index in [0.717, 1.165) is 91.5 Å². The van der Waals surface area contributed by atoms with E-state index in [1.807, 2.05) is 48.5 Å². The SMILES string of the molecule is C=CC(=O)OCCCCCCOc1ccc(C#Cc2ccc3c(c2)Cc2cc(C#Cc4ccc(OCCCCCCOC(=O)C=C)cc4)ccc2-3)cc1. The third kappa shape index (κ3) is 12.6. The zero-order valence-electron chi connectivity index (χ0n) is 30.3. The molecule has 53 heavy (non-hydrogen) atoms. The number of rotatable bonds is 18. The molecule has 0 bridgehead atoms. The molecule has 1 aliphatic rings. The highest BCUT2D eigenvalue weighted by molar-refractivity contribution is 5.81. The fourth-order valence-corrected chi connectivity index (χ4v) is 5.88. The predicted octanol–water partition coefficient (Wildman–Crippen LogP) is 9.39. The Morgan fingerprint density at radius 1 is 0.491 bits per heavy atom. The summed E-state index contributed by atoms with van der Waals surface area (Å²) in [4.78, 5) is 22.1. The molecule has 0 unspecified atom stereocenters. The lowest BCUT2D eigenvalue weighted by atomic mass is 10.0. The maximum atomic E-state index is 11.1. The van der Waals surface area contributed by atoms with Crippen LogP contribution in [0.15, 0.2) is 110 Å². The molecule has 6 nitrogen and oxygen atoms in total. The van der Waals surface area contributed by atoms with E-state index < -0.39 is 0 Å². The number of carbonyl (C=O) groups is 2. The van der Waals surface area contributed by atoms with Crippen molar-refractivity contribution < 1.29 is 28.5 Å². The lowest BCUT2D eigenvalue weighted by molar-refractivity contribution is -0.138. The fraction of sp³-hybridized carbons (Fsp3) is 0.277.